The Morgan fingerprint density at radius 3 is 2.73 bits per heavy atom. The number of methoxy groups -OCH3 is 1. The van der Waals surface area contributed by atoms with Crippen LogP contribution in [0.25, 0.3) is 0 Å². The molecule has 0 aromatic heterocycles. The summed E-state index contributed by atoms with van der Waals surface area (Å²) in [7, 11) is 1.70. The van der Waals surface area contributed by atoms with Gasteiger partial charge in [-0.05, 0) is 33.1 Å². The minimum Gasteiger partial charge on any atom is -0.379 e. The highest BCUT2D eigenvalue weighted by Crippen LogP contribution is 2.24. The van der Waals surface area contributed by atoms with Crippen molar-refractivity contribution in [3.63, 3.8) is 0 Å². The third-order valence-corrected chi connectivity index (χ3v) is 3.69. The topological polar surface area (TPSA) is 38.3 Å². The number of hydrogen-bond donors (Lipinski definition) is 1. The molecule has 2 atom stereocenters. The number of carbonyl (C=O) groups is 1. The second-order valence-corrected chi connectivity index (χ2v) is 5.07. The van der Waals surface area contributed by atoms with Crippen molar-refractivity contribution in [2.24, 2.45) is 5.41 Å². The van der Waals surface area contributed by atoms with Gasteiger partial charge in [0.2, 0.25) is 5.91 Å². The Bertz CT molecular complexity index is 231. The van der Waals surface area contributed by atoms with E-state index in [9.17, 15) is 4.79 Å². The molecule has 0 heterocycles. The molecule has 0 saturated heterocycles. The van der Waals surface area contributed by atoms with Crippen LogP contribution in [0.1, 0.15) is 33.1 Å². The highest BCUT2D eigenvalue weighted by Gasteiger charge is 2.33. The molecule has 2 unspecified atom stereocenters. The normalized spacial score (nSPS) is 26.7. The van der Waals surface area contributed by atoms with Gasteiger partial charge in [-0.2, -0.15) is 0 Å². The monoisotopic (exact) mass is 233 g/mol. The fraction of sp³-hybridized carbons (Fsp3) is 0.909. The third-order valence-electron chi connectivity index (χ3n) is 3.02. The van der Waals surface area contributed by atoms with Gasteiger partial charge in [0.15, 0.2) is 0 Å². The van der Waals surface area contributed by atoms with Gasteiger partial charge in [0.25, 0.3) is 0 Å². The summed E-state index contributed by atoms with van der Waals surface area (Å²) < 4.78 is 5.32. The quantitative estimate of drug-likeness (QED) is 0.754. The highest BCUT2D eigenvalue weighted by atomic mass is 35.5. The van der Waals surface area contributed by atoms with Gasteiger partial charge >= 0.3 is 0 Å². The molecule has 3 nitrogen and oxygen atoms in total. The van der Waals surface area contributed by atoms with Crippen LogP contribution in [0.3, 0.4) is 0 Å². The van der Waals surface area contributed by atoms with Crippen LogP contribution in [0.15, 0.2) is 0 Å². The predicted octanol–water partition coefficient (Wildman–Crippen LogP) is 1.94. The molecule has 0 aromatic carbocycles. The van der Waals surface area contributed by atoms with Crippen LogP contribution in [0, 0.1) is 5.41 Å². The Morgan fingerprint density at radius 2 is 2.20 bits per heavy atom. The van der Waals surface area contributed by atoms with E-state index in [0.29, 0.717) is 5.88 Å². The second-order valence-electron chi connectivity index (χ2n) is 4.80. The largest absolute Gasteiger partial charge is 0.379 e. The van der Waals surface area contributed by atoms with Gasteiger partial charge in [-0.3, -0.25) is 4.79 Å². The number of ether oxygens (including phenoxy) is 1. The molecule has 0 radical (unpaired) electrons. The van der Waals surface area contributed by atoms with Gasteiger partial charge in [0.05, 0.1) is 17.6 Å². The first kappa shape index (κ1) is 12.8. The van der Waals surface area contributed by atoms with Crippen molar-refractivity contribution in [3.8, 4) is 0 Å². The van der Waals surface area contributed by atoms with Crippen molar-refractivity contribution in [3.05, 3.63) is 0 Å². The zero-order valence-corrected chi connectivity index (χ0v) is 10.4. The van der Waals surface area contributed by atoms with Gasteiger partial charge in [-0.1, -0.05) is 0 Å². The SMILES string of the molecule is COC1CCCC1NC(=O)C(C)(C)CCl. The van der Waals surface area contributed by atoms with Gasteiger partial charge in [0, 0.05) is 13.0 Å². The zero-order chi connectivity index (χ0) is 11.5. The Kier molecular flexibility index (Phi) is 4.41. The number of nitrogens with one attached hydrogen (secondary N) is 1. The summed E-state index contributed by atoms with van der Waals surface area (Å²) in [6.07, 6.45) is 3.32. The molecule has 0 aliphatic heterocycles. The summed E-state index contributed by atoms with van der Waals surface area (Å²) in [6.45, 7) is 3.71. The summed E-state index contributed by atoms with van der Waals surface area (Å²) in [4.78, 5) is 11.9. The van der Waals surface area contributed by atoms with Gasteiger partial charge in [-0.15, -0.1) is 11.6 Å². The van der Waals surface area contributed by atoms with Crippen LogP contribution >= 0.6 is 11.6 Å². The van der Waals surface area contributed by atoms with E-state index < -0.39 is 5.41 Å². The van der Waals surface area contributed by atoms with Crippen LogP contribution in [0.5, 0.6) is 0 Å². The number of rotatable bonds is 4. The number of carbonyl (C=O) groups excluding carboxylic acids is 1. The molecule has 1 N–H and O–H groups in total. The molecule has 1 amide bonds. The Balaban J connectivity index is 2.51. The van der Waals surface area contributed by atoms with Crippen molar-refractivity contribution >= 4 is 17.5 Å². The number of halogens is 1. The summed E-state index contributed by atoms with van der Waals surface area (Å²) in [5.74, 6) is 0.356. The fourth-order valence-corrected chi connectivity index (χ4v) is 1.92. The Hall–Kier alpha value is -0.280. The maximum atomic E-state index is 11.9. The molecule has 1 saturated carbocycles. The summed E-state index contributed by atoms with van der Waals surface area (Å²) in [6, 6.07) is 0.157. The first-order chi connectivity index (χ1) is 7.01. The smallest absolute Gasteiger partial charge is 0.227 e. The first-order valence-corrected chi connectivity index (χ1v) is 5.94. The lowest BCUT2D eigenvalue weighted by molar-refractivity contribution is -0.129. The van der Waals surface area contributed by atoms with Gasteiger partial charge in [0.1, 0.15) is 0 Å². The minimum atomic E-state index is -0.498. The van der Waals surface area contributed by atoms with Crippen LogP contribution in [0.4, 0.5) is 0 Å². The minimum absolute atomic E-state index is 0.0199. The average Bonchev–Trinajstić information content (AvgIpc) is 2.65. The molecule has 1 rings (SSSR count). The van der Waals surface area contributed by atoms with Gasteiger partial charge in [-0.25, -0.2) is 0 Å². The lowest BCUT2D eigenvalue weighted by Gasteiger charge is -2.26. The van der Waals surface area contributed by atoms with E-state index in [2.05, 4.69) is 5.32 Å². The maximum Gasteiger partial charge on any atom is 0.227 e. The fourth-order valence-electron chi connectivity index (χ4n) is 1.80. The summed E-state index contributed by atoms with van der Waals surface area (Å²) in [5.41, 5.74) is -0.498. The van der Waals surface area contributed by atoms with Gasteiger partial charge < -0.3 is 10.1 Å². The van der Waals surface area contributed by atoms with Crippen LogP contribution in [0.2, 0.25) is 0 Å². The molecule has 0 spiro atoms. The Labute approximate surface area is 96.5 Å². The predicted molar refractivity (Wildman–Crippen MR) is 61.1 cm³/mol. The van der Waals surface area contributed by atoms with Crippen molar-refractivity contribution in [1.82, 2.24) is 5.32 Å². The number of hydrogen-bond acceptors (Lipinski definition) is 2. The third kappa shape index (κ3) is 3.08. The lowest BCUT2D eigenvalue weighted by Crippen LogP contribution is -2.47. The highest BCUT2D eigenvalue weighted by molar-refractivity contribution is 6.19. The lowest BCUT2D eigenvalue weighted by atomic mass is 9.94. The van der Waals surface area contributed by atoms with E-state index in [1.54, 1.807) is 7.11 Å². The summed E-state index contributed by atoms with van der Waals surface area (Å²) >= 11 is 5.75. The molecule has 1 aliphatic rings. The van der Waals surface area contributed by atoms with E-state index in [4.69, 9.17) is 16.3 Å². The molecular formula is C11H20ClNO2. The molecule has 0 aromatic rings. The van der Waals surface area contributed by atoms with E-state index in [-0.39, 0.29) is 18.1 Å². The van der Waals surface area contributed by atoms with Crippen LogP contribution in [-0.2, 0) is 9.53 Å². The average molecular weight is 234 g/mol. The standard InChI is InChI=1S/C11H20ClNO2/c1-11(2,7-12)10(14)13-8-5-4-6-9(8)15-3/h8-9H,4-7H2,1-3H3,(H,13,14). The molecule has 0 bridgehead atoms. The molecule has 1 fully saturated rings. The number of amides is 1. The van der Waals surface area contributed by atoms with Crippen molar-refractivity contribution in [1.29, 1.82) is 0 Å². The molecular weight excluding hydrogens is 214 g/mol. The van der Waals surface area contributed by atoms with Crippen molar-refractivity contribution in [2.75, 3.05) is 13.0 Å². The zero-order valence-electron chi connectivity index (χ0n) is 9.68. The maximum absolute atomic E-state index is 11.9. The van der Waals surface area contributed by atoms with E-state index in [1.807, 2.05) is 13.8 Å². The Morgan fingerprint density at radius 1 is 1.53 bits per heavy atom. The second kappa shape index (κ2) is 5.17. The van der Waals surface area contributed by atoms with Crippen molar-refractivity contribution in [2.45, 2.75) is 45.3 Å². The first-order valence-electron chi connectivity index (χ1n) is 5.41. The van der Waals surface area contributed by atoms with Crippen LogP contribution < -0.4 is 5.32 Å². The molecule has 88 valence electrons. The van der Waals surface area contributed by atoms with Crippen LogP contribution in [-0.4, -0.2) is 31.0 Å². The number of alkyl halides is 1. The molecule has 4 heteroatoms. The molecule has 1 aliphatic carbocycles. The summed E-state index contributed by atoms with van der Waals surface area (Å²) in [5, 5.41) is 3.02. The van der Waals surface area contributed by atoms with E-state index in [0.717, 1.165) is 19.3 Å². The van der Waals surface area contributed by atoms with E-state index in [1.165, 1.54) is 0 Å². The van der Waals surface area contributed by atoms with E-state index >= 15 is 0 Å². The van der Waals surface area contributed by atoms with Crippen molar-refractivity contribution < 1.29 is 9.53 Å². The molecule has 15 heavy (non-hydrogen) atoms.